The number of thioether (sulfide) groups is 1. The molecule has 0 aliphatic rings. The molecule has 0 unspecified atom stereocenters. The van der Waals surface area contributed by atoms with Gasteiger partial charge in [0.2, 0.25) is 11.1 Å². The van der Waals surface area contributed by atoms with Crippen LogP contribution >= 0.6 is 11.8 Å². The van der Waals surface area contributed by atoms with Crippen LogP contribution in [0.5, 0.6) is 11.5 Å². The number of anilines is 1. The fourth-order valence-corrected chi connectivity index (χ4v) is 2.94. The minimum Gasteiger partial charge on any atom is -0.493 e. The Balaban J connectivity index is 1.54. The quantitative estimate of drug-likeness (QED) is 0.348. The Morgan fingerprint density at radius 1 is 1.15 bits per heavy atom. The van der Waals surface area contributed by atoms with Gasteiger partial charge in [-0.2, -0.15) is 10.1 Å². The van der Waals surface area contributed by atoms with Crippen LogP contribution in [0.4, 0.5) is 10.3 Å². The molecule has 0 atom stereocenters. The van der Waals surface area contributed by atoms with Crippen molar-refractivity contribution in [3.05, 3.63) is 59.4 Å². The first-order valence-corrected chi connectivity index (χ1v) is 8.97. The summed E-state index contributed by atoms with van der Waals surface area (Å²) in [6, 6.07) is 11.8. The molecule has 7 nitrogen and oxygen atoms in total. The number of hydrogen-bond donors (Lipinski definition) is 2. The summed E-state index contributed by atoms with van der Waals surface area (Å²) in [5.41, 5.74) is 4.62. The van der Waals surface area contributed by atoms with Gasteiger partial charge in [0.05, 0.1) is 20.4 Å². The average molecular weight is 387 g/mol. The smallest absolute Gasteiger partial charge is 0.240 e. The number of H-pyrrole nitrogens is 1. The molecule has 0 radical (unpaired) electrons. The third-order valence-corrected chi connectivity index (χ3v) is 4.46. The van der Waals surface area contributed by atoms with Crippen LogP contribution in [0.15, 0.2) is 52.7 Å². The minimum atomic E-state index is -0.250. The fourth-order valence-electron chi connectivity index (χ4n) is 2.19. The summed E-state index contributed by atoms with van der Waals surface area (Å²) in [5, 5.41) is 11.6. The molecule has 0 bridgehead atoms. The lowest BCUT2D eigenvalue weighted by Gasteiger charge is -2.07. The monoisotopic (exact) mass is 387 g/mol. The first kappa shape index (κ1) is 18.7. The lowest BCUT2D eigenvalue weighted by atomic mass is 10.2. The normalized spacial score (nSPS) is 10.9. The Morgan fingerprint density at radius 3 is 2.67 bits per heavy atom. The number of methoxy groups -OCH3 is 2. The highest BCUT2D eigenvalue weighted by atomic mass is 32.2. The Kier molecular flexibility index (Phi) is 6.26. The van der Waals surface area contributed by atoms with Gasteiger partial charge in [0, 0.05) is 5.75 Å². The molecule has 0 spiro atoms. The largest absolute Gasteiger partial charge is 0.493 e. The molecule has 0 saturated heterocycles. The van der Waals surface area contributed by atoms with Gasteiger partial charge >= 0.3 is 0 Å². The van der Waals surface area contributed by atoms with E-state index >= 15 is 0 Å². The van der Waals surface area contributed by atoms with Gasteiger partial charge in [-0.1, -0.05) is 23.9 Å². The third-order valence-electron chi connectivity index (χ3n) is 3.54. The van der Waals surface area contributed by atoms with Gasteiger partial charge < -0.3 is 9.47 Å². The second-order valence-electron chi connectivity index (χ2n) is 5.37. The summed E-state index contributed by atoms with van der Waals surface area (Å²) in [7, 11) is 3.17. The number of nitrogens with zero attached hydrogens (tertiary/aromatic N) is 3. The second-order valence-corrected chi connectivity index (χ2v) is 6.31. The molecule has 0 aliphatic heterocycles. The number of nitrogens with one attached hydrogen (secondary N) is 2. The van der Waals surface area contributed by atoms with Crippen molar-refractivity contribution in [1.29, 1.82) is 0 Å². The van der Waals surface area contributed by atoms with Crippen molar-refractivity contribution < 1.29 is 13.9 Å². The molecule has 3 rings (SSSR count). The lowest BCUT2D eigenvalue weighted by Crippen LogP contribution is -1.94. The Bertz CT molecular complexity index is 914. The predicted molar refractivity (Wildman–Crippen MR) is 103 cm³/mol. The predicted octanol–water partition coefficient (Wildman–Crippen LogP) is 3.70. The van der Waals surface area contributed by atoms with E-state index in [1.807, 2.05) is 12.1 Å². The number of ether oxygens (including phenoxy) is 2. The molecule has 0 fully saturated rings. The number of rotatable bonds is 8. The topological polar surface area (TPSA) is 84.4 Å². The van der Waals surface area contributed by atoms with Crippen LogP contribution in [-0.4, -0.2) is 35.6 Å². The van der Waals surface area contributed by atoms with Crippen molar-refractivity contribution in [2.45, 2.75) is 10.9 Å². The Labute approximate surface area is 160 Å². The molecule has 1 heterocycles. The molecule has 0 saturated carbocycles. The zero-order valence-electron chi connectivity index (χ0n) is 14.8. The van der Waals surface area contributed by atoms with E-state index in [0.717, 1.165) is 11.1 Å². The maximum atomic E-state index is 12.9. The van der Waals surface area contributed by atoms with Crippen LogP contribution in [0.3, 0.4) is 0 Å². The molecule has 2 aromatic carbocycles. The molecule has 0 aliphatic carbocycles. The molecule has 0 amide bonds. The molecule has 9 heteroatoms. The molecule has 1 aromatic heterocycles. The number of hydrazone groups is 1. The molecular weight excluding hydrogens is 369 g/mol. The maximum Gasteiger partial charge on any atom is 0.240 e. The average Bonchev–Trinajstić information content (AvgIpc) is 3.15. The number of benzene rings is 2. The molecule has 27 heavy (non-hydrogen) atoms. The summed E-state index contributed by atoms with van der Waals surface area (Å²) in [6.07, 6.45) is 1.63. The van der Waals surface area contributed by atoms with Gasteiger partial charge in [0.1, 0.15) is 5.82 Å². The zero-order valence-corrected chi connectivity index (χ0v) is 15.6. The molecule has 3 aromatic rings. The summed E-state index contributed by atoms with van der Waals surface area (Å²) >= 11 is 1.44. The van der Waals surface area contributed by atoms with E-state index in [0.29, 0.717) is 28.4 Å². The van der Waals surface area contributed by atoms with E-state index < -0.39 is 0 Å². The first-order valence-electron chi connectivity index (χ1n) is 7.98. The first-order chi connectivity index (χ1) is 13.2. The van der Waals surface area contributed by atoms with Crippen molar-refractivity contribution in [2.24, 2.45) is 5.10 Å². The minimum absolute atomic E-state index is 0.250. The summed E-state index contributed by atoms with van der Waals surface area (Å²) in [4.78, 5) is 4.29. The van der Waals surface area contributed by atoms with Crippen LogP contribution in [0.1, 0.15) is 11.1 Å². The van der Waals surface area contributed by atoms with E-state index in [2.05, 4.69) is 25.7 Å². The van der Waals surface area contributed by atoms with Gasteiger partial charge in [0.15, 0.2) is 11.5 Å². The molecular formula is C18H18FN5O2S. The van der Waals surface area contributed by atoms with Crippen molar-refractivity contribution in [3.8, 4) is 11.5 Å². The lowest BCUT2D eigenvalue weighted by molar-refractivity contribution is 0.355. The van der Waals surface area contributed by atoms with Crippen molar-refractivity contribution in [1.82, 2.24) is 15.2 Å². The van der Waals surface area contributed by atoms with Crippen LogP contribution in [0.25, 0.3) is 0 Å². The Morgan fingerprint density at radius 2 is 1.93 bits per heavy atom. The van der Waals surface area contributed by atoms with Gasteiger partial charge in [-0.15, -0.1) is 5.10 Å². The number of hydrogen-bond acceptors (Lipinski definition) is 7. The van der Waals surface area contributed by atoms with Gasteiger partial charge in [0.25, 0.3) is 0 Å². The van der Waals surface area contributed by atoms with E-state index in [1.165, 1.54) is 23.9 Å². The number of aromatic amines is 1. The van der Waals surface area contributed by atoms with E-state index in [4.69, 9.17) is 9.47 Å². The van der Waals surface area contributed by atoms with Crippen molar-refractivity contribution in [2.75, 3.05) is 19.6 Å². The maximum absolute atomic E-state index is 12.9. The van der Waals surface area contributed by atoms with Crippen LogP contribution in [0.2, 0.25) is 0 Å². The number of aromatic nitrogens is 3. The standard InChI is InChI=1S/C18H18FN5O2S/c1-25-15-8-5-13(9-16(15)26-2)10-20-22-17-21-18(24-23-17)27-11-12-3-6-14(19)7-4-12/h3-10H,11H2,1-2H3,(H2,21,22,23,24)/b20-10-. The van der Waals surface area contributed by atoms with E-state index in [1.54, 1.807) is 38.6 Å². The Hall–Kier alpha value is -3.07. The fraction of sp³-hybridized carbons (Fsp3) is 0.167. The zero-order chi connectivity index (χ0) is 19.1. The summed E-state index contributed by atoms with van der Waals surface area (Å²) in [6.45, 7) is 0. The van der Waals surface area contributed by atoms with Crippen LogP contribution in [0, 0.1) is 5.82 Å². The molecule has 2 N–H and O–H groups in total. The van der Waals surface area contributed by atoms with Crippen LogP contribution < -0.4 is 14.9 Å². The van der Waals surface area contributed by atoms with Crippen LogP contribution in [-0.2, 0) is 5.75 Å². The van der Waals surface area contributed by atoms with Gasteiger partial charge in [-0.05, 0) is 41.5 Å². The van der Waals surface area contributed by atoms with E-state index in [9.17, 15) is 4.39 Å². The number of halogens is 1. The second kappa shape index (κ2) is 9.04. The van der Waals surface area contributed by atoms with Gasteiger partial charge in [-0.3, -0.25) is 0 Å². The molecule has 140 valence electrons. The summed E-state index contributed by atoms with van der Waals surface area (Å²) < 4.78 is 23.4. The highest BCUT2D eigenvalue weighted by Crippen LogP contribution is 2.27. The van der Waals surface area contributed by atoms with Crippen molar-refractivity contribution >= 4 is 23.9 Å². The highest BCUT2D eigenvalue weighted by molar-refractivity contribution is 7.98. The van der Waals surface area contributed by atoms with Gasteiger partial charge in [-0.25, -0.2) is 14.9 Å². The van der Waals surface area contributed by atoms with Crippen molar-refractivity contribution in [3.63, 3.8) is 0 Å². The van der Waals surface area contributed by atoms with E-state index in [-0.39, 0.29) is 5.82 Å². The SMILES string of the molecule is COc1ccc(/C=N\Nc2nc(SCc3ccc(F)cc3)n[nH]2)cc1OC. The highest BCUT2D eigenvalue weighted by Gasteiger charge is 2.05. The third kappa shape index (κ3) is 5.20. The summed E-state index contributed by atoms with van der Waals surface area (Å²) in [5.74, 6) is 2.10.